The number of hydrogen-bond donors (Lipinski definition) is 2. The van der Waals surface area contributed by atoms with Crippen LogP contribution in [0.15, 0.2) is 48.6 Å². The number of nitrogens with zero attached hydrogens (tertiary/aromatic N) is 3. The highest BCUT2D eigenvalue weighted by molar-refractivity contribution is 7.90. The number of fused-ring (bicyclic) bond motifs is 5. The van der Waals surface area contributed by atoms with Crippen molar-refractivity contribution in [2.75, 3.05) is 64.0 Å². The molecule has 0 unspecified atom stereocenters. The van der Waals surface area contributed by atoms with E-state index < -0.39 is 26.8 Å². The van der Waals surface area contributed by atoms with E-state index in [2.05, 4.69) is 26.7 Å². The van der Waals surface area contributed by atoms with Crippen molar-refractivity contribution >= 4 is 39.1 Å². The average Bonchev–Trinajstić information content (AvgIpc) is 3.28. The number of hydrogen-bond acceptors (Lipinski definition) is 9. The number of benzene rings is 2. The van der Waals surface area contributed by atoms with E-state index in [0.29, 0.717) is 63.2 Å². The largest absolute Gasteiger partial charge is 0.490 e. The Labute approximate surface area is 324 Å². The number of morpholine rings is 1. The van der Waals surface area contributed by atoms with Crippen LogP contribution in [-0.4, -0.2) is 111 Å². The number of ether oxygens (including phenoxy) is 2. The molecule has 1 saturated carbocycles. The minimum Gasteiger partial charge on any atom is -0.490 e. The van der Waals surface area contributed by atoms with Crippen molar-refractivity contribution in [1.29, 1.82) is 0 Å². The van der Waals surface area contributed by atoms with E-state index >= 15 is 0 Å². The monoisotopic (exact) mass is 780 g/mol. The summed E-state index contributed by atoms with van der Waals surface area (Å²) in [5.41, 5.74) is 1.61. The van der Waals surface area contributed by atoms with Crippen LogP contribution in [-0.2, 0) is 31.4 Å². The molecule has 6 aliphatic rings. The number of sulfonamides is 1. The lowest BCUT2D eigenvalue weighted by Gasteiger charge is -2.50. The molecule has 3 fully saturated rings. The molecule has 0 aromatic heterocycles. The van der Waals surface area contributed by atoms with Gasteiger partial charge in [0.2, 0.25) is 15.9 Å². The second-order valence-corrected chi connectivity index (χ2v) is 19.3. The zero-order valence-corrected chi connectivity index (χ0v) is 32.9. The Morgan fingerprint density at radius 3 is 2.76 bits per heavy atom. The minimum atomic E-state index is -4.04. The Bertz CT molecular complexity index is 1930. The topological polar surface area (TPSA) is 129 Å². The van der Waals surface area contributed by atoms with Crippen LogP contribution in [0, 0.1) is 17.8 Å². The highest BCUT2D eigenvalue weighted by Crippen LogP contribution is 2.49. The van der Waals surface area contributed by atoms with Crippen molar-refractivity contribution < 1.29 is 32.6 Å². The number of allylic oxidation sites excluding steroid dienone is 1. The number of halogens is 1. The number of nitrogens with one attached hydrogen (secondary N) is 1. The Morgan fingerprint density at radius 1 is 1.09 bits per heavy atom. The third-order valence-corrected chi connectivity index (χ3v) is 15.6. The Balaban J connectivity index is 1.16. The molecule has 54 heavy (non-hydrogen) atoms. The third kappa shape index (κ3) is 7.17. The maximum atomic E-state index is 14.1. The first-order valence-corrected chi connectivity index (χ1v) is 21.6. The first kappa shape index (κ1) is 37.7. The summed E-state index contributed by atoms with van der Waals surface area (Å²) < 4.78 is 41.8. The van der Waals surface area contributed by atoms with Crippen molar-refractivity contribution in [3.8, 4) is 5.75 Å². The van der Waals surface area contributed by atoms with Gasteiger partial charge in [-0.05, 0) is 105 Å². The normalized spacial score (nSPS) is 34.6. The van der Waals surface area contributed by atoms with Gasteiger partial charge in [0.1, 0.15) is 5.75 Å². The molecule has 8 rings (SSSR count). The van der Waals surface area contributed by atoms with E-state index in [1.54, 1.807) is 31.2 Å². The van der Waals surface area contributed by atoms with Gasteiger partial charge >= 0.3 is 0 Å². The molecule has 2 saturated heterocycles. The predicted molar refractivity (Wildman–Crippen MR) is 208 cm³/mol. The zero-order chi connectivity index (χ0) is 37.8. The van der Waals surface area contributed by atoms with E-state index in [9.17, 15) is 23.1 Å². The summed E-state index contributed by atoms with van der Waals surface area (Å²) in [6.45, 7) is 9.20. The number of anilines is 1. The molecule has 7 atom stereocenters. The van der Waals surface area contributed by atoms with Gasteiger partial charge in [-0.3, -0.25) is 14.5 Å². The molecular formula is C41H53ClN4O7S. The minimum absolute atomic E-state index is 0.0432. The molecule has 13 heteroatoms. The number of carbonyl (C=O) groups excluding carboxylic acids is 2. The number of amides is 2. The fourth-order valence-corrected chi connectivity index (χ4v) is 11.4. The lowest BCUT2D eigenvalue weighted by molar-refractivity contribution is -0.145. The van der Waals surface area contributed by atoms with Crippen LogP contribution >= 0.6 is 11.6 Å². The molecule has 2 aliphatic carbocycles. The van der Waals surface area contributed by atoms with E-state index in [4.69, 9.17) is 21.1 Å². The van der Waals surface area contributed by atoms with E-state index in [1.165, 1.54) is 11.1 Å². The van der Waals surface area contributed by atoms with Crippen molar-refractivity contribution in [2.24, 2.45) is 17.8 Å². The molecule has 2 bridgehead atoms. The Hall–Kier alpha value is -3.16. The lowest BCUT2D eigenvalue weighted by Crippen LogP contribution is -2.60. The highest BCUT2D eigenvalue weighted by Gasteiger charge is 2.49. The van der Waals surface area contributed by atoms with Gasteiger partial charge in [0, 0.05) is 55.3 Å². The van der Waals surface area contributed by atoms with E-state index in [1.807, 2.05) is 24.0 Å². The maximum absolute atomic E-state index is 14.1. The molecule has 292 valence electrons. The molecule has 2 N–H and O–H groups in total. The summed E-state index contributed by atoms with van der Waals surface area (Å²) in [4.78, 5) is 34.3. The van der Waals surface area contributed by atoms with Crippen LogP contribution in [0.4, 0.5) is 5.69 Å². The smallest absolute Gasteiger partial charge is 0.264 e. The molecule has 0 radical (unpaired) electrons. The molecule has 11 nitrogen and oxygen atoms in total. The molecule has 4 heterocycles. The van der Waals surface area contributed by atoms with Crippen LogP contribution in [0.25, 0.3) is 0 Å². The third-order valence-electron chi connectivity index (χ3n) is 13.5. The van der Waals surface area contributed by atoms with Crippen LogP contribution in [0.5, 0.6) is 5.75 Å². The predicted octanol–water partition coefficient (Wildman–Crippen LogP) is 4.55. The van der Waals surface area contributed by atoms with Crippen LogP contribution in [0.2, 0.25) is 5.02 Å². The van der Waals surface area contributed by atoms with Crippen molar-refractivity contribution in [2.45, 2.75) is 81.1 Å². The number of aryl methyl sites for hydroxylation is 1. The quantitative estimate of drug-likeness (QED) is 0.422. The Morgan fingerprint density at radius 2 is 1.94 bits per heavy atom. The molecule has 4 aliphatic heterocycles. The van der Waals surface area contributed by atoms with E-state index in [-0.39, 0.29) is 47.1 Å². The van der Waals surface area contributed by atoms with Gasteiger partial charge in [0.15, 0.2) is 0 Å². The van der Waals surface area contributed by atoms with Crippen LogP contribution in [0.3, 0.4) is 0 Å². The fraction of sp³-hybridized carbons (Fsp3) is 0.610. The van der Waals surface area contributed by atoms with E-state index in [0.717, 1.165) is 50.9 Å². The molecule has 2 aromatic carbocycles. The molecule has 2 aromatic rings. The van der Waals surface area contributed by atoms with Gasteiger partial charge in [-0.1, -0.05) is 36.7 Å². The van der Waals surface area contributed by atoms with Crippen molar-refractivity contribution in [3.05, 3.63) is 70.3 Å². The second kappa shape index (κ2) is 14.7. The van der Waals surface area contributed by atoms with Crippen molar-refractivity contribution in [1.82, 2.24) is 14.5 Å². The standard InChI is InChI=1S/C41H53ClN4O7S/c1-27-5-3-14-41(49,21-38(47)45-16-15-44-17-18-52-24-33(44)23-45)35-10-7-31(35)22-46-25-40(13-4-6-29-19-32(42)9-11-34(29)40)26-53-37-12-8-30(20-36(37)46)39(48)43-54(50,51)28(27)2/h3,8-9,11-12,14,19-20,27-28,31,33,35,49H,4-7,10,13,15-18,21-26H2,1-2H3,(H,43,48)/b14-3+/t27-,28+,31-,33-,35+,40-,41+/m0/s1. The number of piperazine rings is 1. The highest BCUT2D eigenvalue weighted by atomic mass is 35.5. The SMILES string of the molecule is C[C@@H]1[C@@H](C)C/C=C/[C@@](O)(CC(=O)N2CCN3CCOC[C@@H]3C2)[C@@H]2CC[C@H]2CN2C[C@@]3(CCCc4cc(Cl)ccc43)COc3ccc(cc32)C(=O)NS1(=O)=O. The molecule has 1 spiro atoms. The van der Waals surface area contributed by atoms with Gasteiger partial charge in [0.05, 0.1) is 48.8 Å². The zero-order valence-electron chi connectivity index (χ0n) is 31.3. The lowest BCUT2D eigenvalue weighted by atomic mass is 9.63. The number of aliphatic hydroxyl groups is 1. The second-order valence-electron chi connectivity index (χ2n) is 16.8. The molecule has 2 amide bonds. The van der Waals surface area contributed by atoms with Gasteiger partial charge in [-0.25, -0.2) is 13.1 Å². The van der Waals surface area contributed by atoms with Crippen molar-refractivity contribution in [3.63, 3.8) is 0 Å². The maximum Gasteiger partial charge on any atom is 0.264 e. The summed E-state index contributed by atoms with van der Waals surface area (Å²) in [6.07, 6.45) is 8.39. The Kier molecular flexibility index (Phi) is 10.3. The number of rotatable bonds is 2. The van der Waals surface area contributed by atoms with Gasteiger partial charge in [-0.15, -0.1) is 0 Å². The summed E-state index contributed by atoms with van der Waals surface area (Å²) in [6, 6.07) is 11.4. The number of carbonyl (C=O) groups is 2. The molecular weight excluding hydrogens is 728 g/mol. The van der Waals surface area contributed by atoms with Crippen LogP contribution < -0.4 is 14.4 Å². The first-order valence-electron chi connectivity index (χ1n) is 19.7. The van der Waals surface area contributed by atoms with Gasteiger partial charge in [0.25, 0.3) is 5.91 Å². The fourth-order valence-electron chi connectivity index (χ4n) is 9.89. The van der Waals surface area contributed by atoms with Gasteiger partial charge < -0.3 is 24.4 Å². The summed E-state index contributed by atoms with van der Waals surface area (Å²) in [5, 5.41) is 12.5. The van der Waals surface area contributed by atoms with Gasteiger partial charge in [-0.2, -0.15) is 0 Å². The average molecular weight is 781 g/mol. The summed E-state index contributed by atoms with van der Waals surface area (Å²) in [7, 11) is -4.04. The van der Waals surface area contributed by atoms with Crippen LogP contribution in [0.1, 0.15) is 73.9 Å². The summed E-state index contributed by atoms with van der Waals surface area (Å²) in [5.74, 6) is -0.637. The first-order chi connectivity index (χ1) is 25.8. The summed E-state index contributed by atoms with van der Waals surface area (Å²) >= 11 is 6.47.